The molecular formula is C12H23N3O2. The minimum absolute atomic E-state index is 0.158. The number of ether oxygens (including phenoxy) is 1. The van der Waals surface area contributed by atoms with Crippen LogP contribution in [0.25, 0.3) is 0 Å². The third kappa shape index (κ3) is 3.33. The lowest BCUT2D eigenvalue weighted by Crippen LogP contribution is -2.55. The number of carbonyl (C=O) groups excluding carboxylic acids is 1. The second-order valence-electron chi connectivity index (χ2n) is 4.72. The number of nitrogens with one attached hydrogen (secondary N) is 1. The van der Waals surface area contributed by atoms with Gasteiger partial charge in [-0.05, 0) is 26.3 Å². The molecule has 2 rings (SSSR count). The van der Waals surface area contributed by atoms with E-state index in [0.29, 0.717) is 12.6 Å². The normalized spacial score (nSPS) is 26.9. The molecule has 2 aliphatic rings. The van der Waals surface area contributed by atoms with Crippen LogP contribution in [0.1, 0.15) is 19.8 Å². The molecule has 1 atom stereocenters. The molecule has 2 saturated heterocycles. The highest BCUT2D eigenvalue weighted by atomic mass is 16.6. The van der Waals surface area contributed by atoms with Gasteiger partial charge in [0.25, 0.3) is 0 Å². The minimum atomic E-state index is -0.158. The molecule has 17 heavy (non-hydrogen) atoms. The van der Waals surface area contributed by atoms with Crippen molar-refractivity contribution in [3.05, 3.63) is 0 Å². The van der Waals surface area contributed by atoms with Crippen LogP contribution in [0.15, 0.2) is 0 Å². The number of carbonyl (C=O) groups is 1. The number of piperazine rings is 1. The molecule has 2 aliphatic heterocycles. The van der Waals surface area contributed by atoms with Gasteiger partial charge in [0.2, 0.25) is 0 Å². The molecule has 0 radical (unpaired) electrons. The lowest BCUT2D eigenvalue weighted by molar-refractivity contribution is 0.0610. The monoisotopic (exact) mass is 241 g/mol. The third-order valence-corrected chi connectivity index (χ3v) is 3.63. The summed E-state index contributed by atoms with van der Waals surface area (Å²) in [6, 6.07) is 0.660. The van der Waals surface area contributed by atoms with Crippen LogP contribution in [-0.4, -0.2) is 67.8 Å². The molecule has 0 saturated carbocycles. The molecule has 0 spiro atoms. The Balaban J connectivity index is 1.75. The second kappa shape index (κ2) is 6.21. The molecule has 5 nitrogen and oxygen atoms in total. The van der Waals surface area contributed by atoms with E-state index in [1.807, 2.05) is 11.8 Å². The quantitative estimate of drug-likeness (QED) is 0.765. The van der Waals surface area contributed by atoms with Crippen LogP contribution in [0.2, 0.25) is 0 Å². The van der Waals surface area contributed by atoms with E-state index in [2.05, 4.69) is 10.2 Å². The fourth-order valence-electron chi connectivity index (χ4n) is 2.63. The van der Waals surface area contributed by atoms with E-state index < -0.39 is 0 Å². The van der Waals surface area contributed by atoms with Crippen molar-refractivity contribution in [3.63, 3.8) is 0 Å². The summed E-state index contributed by atoms with van der Waals surface area (Å²) in [7, 11) is 0. The summed E-state index contributed by atoms with van der Waals surface area (Å²) in [5.41, 5.74) is 0. The molecule has 0 unspecified atom stereocenters. The number of piperidine rings is 1. The smallest absolute Gasteiger partial charge is 0.409 e. The SMILES string of the molecule is CCOC(=O)N1CCN([C@H]2CCCNC2)CC1. The Morgan fingerprint density at radius 3 is 2.71 bits per heavy atom. The molecule has 2 heterocycles. The first-order valence-corrected chi connectivity index (χ1v) is 6.67. The largest absolute Gasteiger partial charge is 0.450 e. The molecule has 0 bridgehead atoms. The van der Waals surface area contributed by atoms with Crippen LogP contribution in [0, 0.1) is 0 Å². The maximum atomic E-state index is 11.6. The summed E-state index contributed by atoms with van der Waals surface area (Å²) in [5.74, 6) is 0. The molecule has 0 aromatic carbocycles. The maximum absolute atomic E-state index is 11.6. The van der Waals surface area contributed by atoms with Gasteiger partial charge < -0.3 is 15.0 Å². The van der Waals surface area contributed by atoms with Crippen LogP contribution in [0.3, 0.4) is 0 Å². The predicted octanol–water partition coefficient (Wildman–Crippen LogP) is 0.513. The number of amides is 1. The minimum Gasteiger partial charge on any atom is -0.450 e. The molecule has 0 aliphatic carbocycles. The van der Waals surface area contributed by atoms with E-state index in [-0.39, 0.29) is 6.09 Å². The summed E-state index contributed by atoms with van der Waals surface area (Å²) in [6.07, 6.45) is 2.39. The topological polar surface area (TPSA) is 44.8 Å². The Labute approximate surface area is 103 Å². The van der Waals surface area contributed by atoms with E-state index >= 15 is 0 Å². The first-order valence-electron chi connectivity index (χ1n) is 6.67. The first-order chi connectivity index (χ1) is 8.31. The van der Waals surface area contributed by atoms with Crippen LogP contribution >= 0.6 is 0 Å². The molecule has 98 valence electrons. The van der Waals surface area contributed by atoms with Crippen LogP contribution in [-0.2, 0) is 4.74 Å². The van der Waals surface area contributed by atoms with Gasteiger partial charge in [-0.3, -0.25) is 4.90 Å². The Hall–Kier alpha value is -0.810. The summed E-state index contributed by atoms with van der Waals surface area (Å²) >= 11 is 0. The first kappa shape index (κ1) is 12.6. The molecule has 1 amide bonds. The Morgan fingerprint density at radius 1 is 1.35 bits per heavy atom. The molecule has 2 fully saturated rings. The molecule has 0 aromatic rings. The lowest BCUT2D eigenvalue weighted by Gasteiger charge is -2.40. The van der Waals surface area contributed by atoms with Gasteiger partial charge >= 0.3 is 6.09 Å². The Morgan fingerprint density at radius 2 is 2.12 bits per heavy atom. The average molecular weight is 241 g/mol. The van der Waals surface area contributed by atoms with Crippen molar-refractivity contribution in [2.45, 2.75) is 25.8 Å². The third-order valence-electron chi connectivity index (χ3n) is 3.63. The van der Waals surface area contributed by atoms with Gasteiger partial charge in [-0.25, -0.2) is 4.79 Å². The molecule has 5 heteroatoms. The second-order valence-corrected chi connectivity index (χ2v) is 4.72. The van der Waals surface area contributed by atoms with Crippen molar-refractivity contribution < 1.29 is 9.53 Å². The van der Waals surface area contributed by atoms with E-state index in [1.165, 1.54) is 12.8 Å². The van der Waals surface area contributed by atoms with Gasteiger partial charge in [0.15, 0.2) is 0 Å². The highest BCUT2D eigenvalue weighted by molar-refractivity contribution is 5.67. The van der Waals surface area contributed by atoms with Crippen LogP contribution in [0.5, 0.6) is 0 Å². The zero-order valence-electron chi connectivity index (χ0n) is 10.7. The zero-order valence-corrected chi connectivity index (χ0v) is 10.7. The van der Waals surface area contributed by atoms with Crippen molar-refractivity contribution in [3.8, 4) is 0 Å². The number of rotatable bonds is 2. The van der Waals surface area contributed by atoms with Crippen molar-refractivity contribution in [2.24, 2.45) is 0 Å². The fourth-order valence-corrected chi connectivity index (χ4v) is 2.63. The van der Waals surface area contributed by atoms with Crippen molar-refractivity contribution >= 4 is 6.09 Å². The maximum Gasteiger partial charge on any atom is 0.409 e. The highest BCUT2D eigenvalue weighted by Gasteiger charge is 2.27. The standard InChI is InChI=1S/C12H23N3O2/c1-2-17-12(16)15-8-6-14(7-9-15)11-4-3-5-13-10-11/h11,13H,2-10H2,1H3/t11-/m0/s1. The Bertz CT molecular complexity index is 246. The van der Waals surface area contributed by atoms with E-state index in [0.717, 1.165) is 39.3 Å². The summed E-state index contributed by atoms with van der Waals surface area (Å²) < 4.78 is 5.02. The van der Waals surface area contributed by atoms with Gasteiger partial charge in [0, 0.05) is 38.8 Å². The Kier molecular flexibility index (Phi) is 4.62. The van der Waals surface area contributed by atoms with Crippen molar-refractivity contribution in [2.75, 3.05) is 45.9 Å². The van der Waals surface area contributed by atoms with Crippen molar-refractivity contribution in [1.82, 2.24) is 15.1 Å². The molecule has 0 aromatic heterocycles. The summed E-state index contributed by atoms with van der Waals surface area (Å²) in [5, 5.41) is 3.44. The van der Waals surface area contributed by atoms with Gasteiger partial charge in [0.1, 0.15) is 0 Å². The van der Waals surface area contributed by atoms with Crippen LogP contribution < -0.4 is 5.32 Å². The average Bonchev–Trinajstić information content (AvgIpc) is 2.40. The van der Waals surface area contributed by atoms with Gasteiger partial charge in [-0.1, -0.05) is 0 Å². The van der Waals surface area contributed by atoms with E-state index in [1.54, 1.807) is 0 Å². The fraction of sp³-hybridized carbons (Fsp3) is 0.917. The zero-order chi connectivity index (χ0) is 12.1. The number of hydrogen-bond donors (Lipinski definition) is 1. The van der Waals surface area contributed by atoms with Gasteiger partial charge in [-0.15, -0.1) is 0 Å². The highest BCUT2D eigenvalue weighted by Crippen LogP contribution is 2.13. The van der Waals surface area contributed by atoms with E-state index in [9.17, 15) is 4.79 Å². The number of hydrogen-bond acceptors (Lipinski definition) is 4. The predicted molar refractivity (Wildman–Crippen MR) is 66.1 cm³/mol. The molecule has 1 N–H and O–H groups in total. The molecular weight excluding hydrogens is 218 g/mol. The van der Waals surface area contributed by atoms with E-state index in [4.69, 9.17) is 4.74 Å². The van der Waals surface area contributed by atoms with Gasteiger partial charge in [0.05, 0.1) is 6.61 Å². The van der Waals surface area contributed by atoms with Crippen molar-refractivity contribution in [1.29, 1.82) is 0 Å². The summed E-state index contributed by atoms with van der Waals surface area (Å²) in [6.45, 7) is 8.12. The lowest BCUT2D eigenvalue weighted by atomic mass is 10.1. The van der Waals surface area contributed by atoms with Gasteiger partial charge in [-0.2, -0.15) is 0 Å². The summed E-state index contributed by atoms with van der Waals surface area (Å²) in [4.78, 5) is 15.9. The number of nitrogens with zero attached hydrogens (tertiary/aromatic N) is 2. The van der Waals surface area contributed by atoms with Crippen LogP contribution in [0.4, 0.5) is 4.79 Å².